The highest BCUT2D eigenvalue weighted by molar-refractivity contribution is 8.00. The summed E-state index contributed by atoms with van der Waals surface area (Å²) < 4.78 is 7.05. The van der Waals surface area contributed by atoms with E-state index in [0.29, 0.717) is 53.8 Å². The Hall–Kier alpha value is -3.04. The molecule has 0 aliphatic carbocycles. The zero-order chi connectivity index (χ0) is 26.7. The summed E-state index contributed by atoms with van der Waals surface area (Å²) in [6.45, 7) is 9.34. The molecule has 37 heavy (non-hydrogen) atoms. The summed E-state index contributed by atoms with van der Waals surface area (Å²) in [5, 5.41) is 0.775. The molecule has 0 N–H and O–H groups in total. The Morgan fingerprint density at radius 3 is 2.32 bits per heavy atom. The third-order valence-electron chi connectivity index (χ3n) is 5.99. The van der Waals surface area contributed by atoms with Crippen LogP contribution in [0, 0.1) is 0 Å². The number of hydrogen-bond donors (Lipinski definition) is 0. The maximum Gasteiger partial charge on any atom is 0.410 e. The molecule has 2 aromatic carbocycles. The highest BCUT2D eigenvalue weighted by Crippen LogP contribution is 2.36. The number of rotatable bonds is 5. The number of aromatic nitrogens is 2. The van der Waals surface area contributed by atoms with E-state index >= 15 is 0 Å². The van der Waals surface area contributed by atoms with E-state index in [0.717, 1.165) is 5.56 Å². The van der Waals surface area contributed by atoms with Gasteiger partial charge in [0.25, 0.3) is 5.56 Å². The molecule has 1 atom stereocenters. The first-order valence-electron chi connectivity index (χ1n) is 12.3. The van der Waals surface area contributed by atoms with E-state index in [9.17, 15) is 14.4 Å². The number of carbonyl (C=O) groups excluding carboxylic acids is 2. The van der Waals surface area contributed by atoms with Gasteiger partial charge < -0.3 is 14.5 Å². The van der Waals surface area contributed by atoms with Crippen LogP contribution in [0.25, 0.3) is 10.9 Å². The summed E-state index contributed by atoms with van der Waals surface area (Å²) in [4.78, 5) is 47.7. The molecule has 0 bridgehead atoms. The minimum Gasteiger partial charge on any atom is -0.444 e. The lowest BCUT2D eigenvalue weighted by Crippen LogP contribution is -2.52. The maximum atomic E-state index is 13.8. The molecule has 8 nitrogen and oxygen atoms in total. The van der Waals surface area contributed by atoms with Crippen molar-refractivity contribution in [2.75, 3.05) is 26.2 Å². The number of amides is 2. The van der Waals surface area contributed by atoms with Crippen molar-refractivity contribution in [2.24, 2.45) is 0 Å². The molecule has 1 aliphatic rings. The second-order valence-electron chi connectivity index (χ2n) is 9.81. The van der Waals surface area contributed by atoms with Gasteiger partial charge in [-0.1, -0.05) is 53.7 Å². The predicted molar refractivity (Wildman–Crippen MR) is 146 cm³/mol. The van der Waals surface area contributed by atoms with Gasteiger partial charge in [0.2, 0.25) is 5.91 Å². The highest BCUT2D eigenvalue weighted by Gasteiger charge is 2.33. The minimum absolute atomic E-state index is 0.0897. The monoisotopic (exact) mass is 542 g/mol. The van der Waals surface area contributed by atoms with Crippen LogP contribution in [0.4, 0.5) is 4.79 Å². The minimum atomic E-state index is -0.608. The number of hydrogen-bond acceptors (Lipinski definition) is 6. The number of benzene rings is 2. The fourth-order valence-corrected chi connectivity index (χ4v) is 5.55. The largest absolute Gasteiger partial charge is 0.444 e. The Morgan fingerprint density at radius 2 is 1.70 bits per heavy atom. The fraction of sp³-hybridized carbons (Fsp3) is 0.407. The molecular formula is C27H31ClN4O4S. The van der Waals surface area contributed by atoms with Gasteiger partial charge in [-0.2, -0.15) is 0 Å². The number of ether oxygens (including phenoxy) is 1. The molecule has 1 aliphatic heterocycles. The Kier molecular flexibility index (Phi) is 8.14. The van der Waals surface area contributed by atoms with E-state index in [1.165, 1.54) is 11.8 Å². The van der Waals surface area contributed by atoms with Crippen LogP contribution in [0.3, 0.4) is 0 Å². The summed E-state index contributed by atoms with van der Waals surface area (Å²) in [6.07, 6.45) is -0.374. The molecule has 10 heteroatoms. The van der Waals surface area contributed by atoms with Crippen molar-refractivity contribution in [2.45, 2.75) is 50.2 Å². The molecule has 4 rings (SSSR count). The van der Waals surface area contributed by atoms with Crippen molar-refractivity contribution in [1.29, 1.82) is 0 Å². The molecular weight excluding hydrogens is 512 g/mol. The molecule has 1 saturated heterocycles. The van der Waals surface area contributed by atoms with Gasteiger partial charge in [0, 0.05) is 37.7 Å². The number of carbonyl (C=O) groups is 2. The SMILES string of the molecule is CCn1c(SC(C(=O)N2CCN(C(=O)OC(C)(C)C)CC2)c2ccccc2)nc2ccc(Cl)cc2c1=O. The van der Waals surface area contributed by atoms with Gasteiger partial charge in [-0.25, -0.2) is 9.78 Å². The van der Waals surface area contributed by atoms with Crippen LogP contribution < -0.4 is 5.56 Å². The molecule has 0 saturated carbocycles. The van der Waals surface area contributed by atoms with E-state index in [2.05, 4.69) is 0 Å². The molecule has 196 valence electrons. The van der Waals surface area contributed by atoms with Gasteiger partial charge >= 0.3 is 6.09 Å². The quantitative estimate of drug-likeness (QED) is 0.334. The summed E-state index contributed by atoms with van der Waals surface area (Å²) in [5.74, 6) is -0.0897. The number of piperazine rings is 1. The van der Waals surface area contributed by atoms with E-state index < -0.39 is 10.9 Å². The summed E-state index contributed by atoms with van der Waals surface area (Å²) >= 11 is 7.38. The predicted octanol–water partition coefficient (Wildman–Crippen LogP) is 4.98. The third-order valence-corrected chi connectivity index (χ3v) is 7.46. The maximum absolute atomic E-state index is 13.8. The second kappa shape index (κ2) is 11.1. The normalized spacial score (nSPS) is 15.1. The molecule has 1 fully saturated rings. The van der Waals surface area contributed by atoms with Crippen molar-refractivity contribution in [3.8, 4) is 0 Å². The van der Waals surface area contributed by atoms with E-state index in [1.54, 1.807) is 32.6 Å². The van der Waals surface area contributed by atoms with E-state index in [1.807, 2.05) is 58.0 Å². The van der Waals surface area contributed by atoms with Gasteiger partial charge in [0.15, 0.2) is 5.16 Å². The fourth-order valence-electron chi connectivity index (χ4n) is 4.14. The van der Waals surface area contributed by atoms with Gasteiger partial charge in [-0.3, -0.25) is 14.2 Å². The number of fused-ring (bicyclic) bond motifs is 1. The molecule has 1 aromatic heterocycles. The number of thioether (sulfide) groups is 1. The van der Waals surface area contributed by atoms with Crippen LogP contribution in [0.5, 0.6) is 0 Å². The van der Waals surface area contributed by atoms with Gasteiger partial charge in [0.1, 0.15) is 10.9 Å². The van der Waals surface area contributed by atoms with Crippen LogP contribution in [-0.4, -0.2) is 63.1 Å². The topological polar surface area (TPSA) is 84.7 Å². The van der Waals surface area contributed by atoms with Crippen molar-refractivity contribution in [3.05, 3.63) is 69.5 Å². The summed E-state index contributed by atoms with van der Waals surface area (Å²) in [5.41, 5.74) is 0.585. The van der Waals surface area contributed by atoms with Gasteiger partial charge in [0.05, 0.1) is 10.9 Å². The van der Waals surface area contributed by atoms with Crippen molar-refractivity contribution >= 4 is 46.3 Å². The Labute approximate surface area is 225 Å². The average molecular weight is 543 g/mol. The smallest absolute Gasteiger partial charge is 0.410 e. The van der Waals surface area contributed by atoms with Gasteiger partial charge in [-0.05, 0) is 51.5 Å². The molecule has 1 unspecified atom stereocenters. The zero-order valence-electron chi connectivity index (χ0n) is 21.4. The van der Waals surface area contributed by atoms with Crippen LogP contribution >= 0.6 is 23.4 Å². The van der Waals surface area contributed by atoms with Crippen LogP contribution in [0.1, 0.15) is 38.5 Å². The molecule has 0 spiro atoms. The lowest BCUT2D eigenvalue weighted by Gasteiger charge is -2.37. The van der Waals surface area contributed by atoms with Crippen LogP contribution in [0.15, 0.2) is 58.5 Å². The second-order valence-corrected chi connectivity index (χ2v) is 11.3. The van der Waals surface area contributed by atoms with Crippen molar-refractivity contribution in [1.82, 2.24) is 19.4 Å². The lowest BCUT2D eigenvalue weighted by molar-refractivity contribution is -0.132. The average Bonchev–Trinajstić information content (AvgIpc) is 2.87. The highest BCUT2D eigenvalue weighted by atomic mass is 35.5. The first-order chi connectivity index (χ1) is 17.6. The third kappa shape index (κ3) is 6.27. The molecule has 0 radical (unpaired) electrons. The zero-order valence-corrected chi connectivity index (χ0v) is 23.0. The van der Waals surface area contributed by atoms with E-state index in [-0.39, 0.29) is 17.6 Å². The first-order valence-corrected chi connectivity index (χ1v) is 13.5. The molecule has 2 heterocycles. The Balaban J connectivity index is 1.61. The summed E-state index contributed by atoms with van der Waals surface area (Å²) in [6, 6.07) is 14.5. The lowest BCUT2D eigenvalue weighted by atomic mass is 10.1. The number of nitrogens with zero attached hydrogens (tertiary/aromatic N) is 4. The van der Waals surface area contributed by atoms with Crippen LogP contribution in [-0.2, 0) is 16.1 Å². The van der Waals surface area contributed by atoms with Crippen molar-refractivity contribution in [3.63, 3.8) is 0 Å². The molecule has 3 aromatic rings. The first kappa shape index (κ1) is 27.0. The Bertz CT molecular complexity index is 1350. The molecule has 2 amide bonds. The van der Waals surface area contributed by atoms with E-state index in [4.69, 9.17) is 21.3 Å². The van der Waals surface area contributed by atoms with Crippen molar-refractivity contribution < 1.29 is 14.3 Å². The Morgan fingerprint density at radius 1 is 1.05 bits per heavy atom. The van der Waals surface area contributed by atoms with Crippen LogP contribution in [0.2, 0.25) is 5.02 Å². The number of halogens is 1. The van der Waals surface area contributed by atoms with Gasteiger partial charge in [-0.15, -0.1) is 0 Å². The summed E-state index contributed by atoms with van der Waals surface area (Å²) in [7, 11) is 0. The standard InChI is InChI=1S/C27H31ClN4O4S/c1-5-32-23(33)20-17-19(28)11-12-21(20)29-25(32)37-22(18-9-7-6-8-10-18)24(34)30-13-15-31(16-14-30)26(35)36-27(2,3)4/h6-12,17,22H,5,13-16H2,1-4H3.